The van der Waals surface area contributed by atoms with E-state index in [-0.39, 0.29) is 5.56 Å². The molecular weight excluding hydrogens is 274 g/mol. The zero-order valence-corrected chi connectivity index (χ0v) is 10.6. The number of nitro benzene ring substituents is 1. The maximum atomic E-state index is 11.0. The number of nitro groups is 1. The third-order valence-corrected chi connectivity index (χ3v) is 3.13. The quantitative estimate of drug-likeness (QED) is 0.584. The van der Waals surface area contributed by atoms with Crippen molar-refractivity contribution in [2.75, 3.05) is 0 Å². The van der Waals surface area contributed by atoms with Crippen LogP contribution in [0.3, 0.4) is 0 Å². The summed E-state index contributed by atoms with van der Waals surface area (Å²) in [6.07, 6.45) is 0. The summed E-state index contributed by atoms with van der Waals surface area (Å²) in [4.78, 5) is 21.3. The maximum absolute atomic E-state index is 11.0. The molecule has 0 fully saturated rings. The number of hydrogen-bond donors (Lipinski definition) is 1. The molecule has 104 valence electrons. The number of rotatable bonds is 3. The van der Waals surface area contributed by atoms with Crippen molar-refractivity contribution in [3.63, 3.8) is 0 Å². The molecule has 3 rings (SSSR count). The summed E-state index contributed by atoms with van der Waals surface area (Å²) in [6, 6.07) is 13.0. The van der Waals surface area contributed by atoms with Crippen molar-refractivity contribution in [3.05, 3.63) is 64.2 Å². The van der Waals surface area contributed by atoms with E-state index in [1.54, 1.807) is 12.1 Å². The van der Waals surface area contributed by atoms with E-state index in [0.717, 1.165) is 5.39 Å². The second kappa shape index (κ2) is 4.75. The Bertz CT molecular complexity index is 832. The molecule has 0 amide bonds. The van der Waals surface area contributed by atoms with E-state index >= 15 is 0 Å². The predicted molar refractivity (Wildman–Crippen MR) is 75.3 cm³/mol. The normalized spacial score (nSPS) is 10.7. The van der Waals surface area contributed by atoms with Crippen molar-refractivity contribution in [3.8, 4) is 11.3 Å². The largest absolute Gasteiger partial charge is 0.477 e. The predicted octanol–water partition coefficient (Wildman–Crippen LogP) is 3.71. The smallest absolute Gasteiger partial charge is 0.342 e. The average molecular weight is 283 g/mol. The van der Waals surface area contributed by atoms with Crippen LogP contribution in [0.2, 0.25) is 0 Å². The molecule has 6 heteroatoms. The van der Waals surface area contributed by atoms with Crippen molar-refractivity contribution in [1.29, 1.82) is 0 Å². The van der Waals surface area contributed by atoms with Crippen LogP contribution in [0.5, 0.6) is 0 Å². The Morgan fingerprint density at radius 2 is 1.90 bits per heavy atom. The lowest BCUT2D eigenvalue weighted by Gasteiger charge is -2.00. The van der Waals surface area contributed by atoms with Gasteiger partial charge in [-0.25, -0.2) is 4.79 Å². The lowest BCUT2D eigenvalue weighted by Crippen LogP contribution is -2.02. The second-order valence-corrected chi connectivity index (χ2v) is 4.44. The van der Waals surface area contributed by atoms with Gasteiger partial charge < -0.3 is 9.52 Å². The van der Waals surface area contributed by atoms with Gasteiger partial charge in [0.05, 0.1) is 4.92 Å². The number of nitrogens with zero attached hydrogens (tertiary/aromatic N) is 1. The Morgan fingerprint density at radius 3 is 2.57 bits per heavy atom. The van der Waals surface area contributed by atoms with Crippen LogP contribution in [-0.4, -0.2) is 16.0 Å². The van der Waals surface area contributed by atoms with Gasteiger partial charge >= 0.3 is 5.97 Å². The Kier molecular flexibility index (Phi) is 2.91. The first kappa shape index (κ1) is 12.9. The molecule has 6 nitrogen and oxygen atoms in total. The number of carboxylic acid groups (broad SMARTS) is 1. The molecule has 1 heterocycles. The van der Waals surface area contributed by atoms with Crippen molar-refractivity contribution < 1.29 is 19.2 Å². The highest BCUT2D eigenvalue weighted by Gasteiger charge is 2.21. The van der Waals surface area contributed by atoms with Crippen LogP contribution in [0.4, 0.5) is 5.69 Å². The molecule has 1 aromatic heterocycles. The molecule has 0 saturated heterocycles. The summed E-state index contributed by atoms with van der Waals surface area (Å²) in [7, 11) is 0. The number of fused-ring (bicyclic) bond motifs is 1. The van der Waals surface area contributed by atoms with Gasteiger partial charge in [-0.05, 0) is 24.3 Å². The van der Waals surface area contributed by atoms with E-state index in [9.17, 15) is 14.9 Å². The van der Waals surface area contributed by atoms with E-state index in [0.29, 0.717) is 16.9 Å². The molecule has 1 N–H and O–H groups in total. The molecule has 0 atom stereocenters. The lowest BCUT2D eigenvalue weighted by atomic mass is 10.1. The first-order valence-electron chi connectivity index (χ1n) is 6.07. The molecule has 0 unspecified atom stereocenters. The fourth-order valence-corrected chi connectivity index (χ4v) is 2.14. The van der Waals surface area contributed by atoms with Crippen molar-refractivity contribution >= 4 is 22.6 Å². The number of carboxylic acids is 1. The minimum Gasteiger partial charge on any atom is -0.477 e. The van der Waals surface area contributed by atoms with Gasteiger partial charge in [-0.3, -0.25) is 10.1 Å². The van der Waals surface area contributed by atoms with Gasteiger partial charge in [0.25, 0.3) is 5.69 Å². The number of benzene rings is 2. The van der Waals surface area contributed by atoms with Crippen LogP contribution in [0.15, 0.2) is 52.9 Å². The fourth-order valence-electron chi connectivity index (χ4n) is 2.14. The number of hydrogen-bond acceptors (Lipinski definition) is 4. The molecule has 0 bridgehead atoms. The van der Waals surface area contributed by atoms with Gasteiger partial charge in [0.2, 0.25) is 0 Å². The molecular formula is C15H9NO5. The average Bonchev–Trinajstić information content (AvgIpc) is 2.90. The molecule has 0 saturated carbocycles. The highest BCUT2D eigenvalue weighted by atomic mass is 16.6. The first-order valence-corrected chi connectivity index (χ1v) is 6.07. The van der Waals surface area contributed by atoms with Gasteiger partial charge in [0.1, 0.15) is 16.9 Å². The Balaban J connectivity index is 2.16. The molecule has 2 aromatic carbocycles. The monoisotopic (exact) mass is 283 g/mol. The number of para-hydroxylation sites is 1. The molecule has 0 aliphatic carbocycles. The van der Waals surface area contributed by atoms with Gasteiger partial charge in [-0.15, -0.1) is 0 Å². The minimum atomic E-state index is -1.34. The van der Waals surface area contributed by atoms with Crippen LogP contribution >= 0.6 is 0 Å². The summed E-state index contributed by atoms with van der Waals surface area (Å²) in [5.41, 5.74) is 0.320. The van der Waals surface area contributed by atoms with E-state index in [1.807, 2.05) is 18.2 Å². The highest BCUT2D eigenvalue weighted by Crippen LogP contribution is 2.31. The summed E-state index contributed by atoms with van der Waals surface area (Å²) in [5.74, 6) is -0.880. The third kappa shape index (κ3) is 2.23. The maximum Gasteiger partial charge on any atom is 0.342 e. The van der Waals surface area contributed by atoms with E-state index in [1.165, 1.54) is 18.2 Å². The van der Waals surface area contributed by atoms with Gasteiger partial charge in [0.15, 0.2) is 0 Å². The topological polar surface area (TPSA) is 93.6 Å². The van der Waals surface area contributed by atoms with Crippen molar-refractivity contribution in [2.45, 2.75) is 0 Å². The highest BCUT2D eigenvalue weighted by molar-refractivity contribution is 5.93. The molecule has 0 aliphatic rings. The Hall–Kier alpha value is -3.15. The molecule has 0 aliphatic heterocycles. The van der Waals surface area contributed by atoms with Crippen LogP contribution in [0.25, 0.3) is 22.3 Å². The molecule has 0 radical (unpaired) electrons. The number of carbonyl (C=O) groups is 1. The van der Waals surface area contributed by atoms with Crippen molar-refractivity contribution in [1.82, 2.24) is 0 Å². The first-order chi connectivity index (χ1) is 10.1. The fraction of sp³-hybridized carbons (Fsp3) is 0. The zero-order valence-electron chi connectivity index (χ0n) is 10.6. The van der Waals surface area contributed by atoms with Crippen LogP contribution in [0, 0.1) is 10.1 Å². The van der Waals surface area contributed by atoms with Crippen LogP contribution in [0.1, 0.15) is 10.4 Å². The summed E-state index contributed by atoms with van der Waals surface area (Å²) >= 11 is 0. The zero-order chi connectivity index (χ0) is 15.0. The Labute approximate surface area is 118 Å². The third-order valence-electron chi connectivity index (χ3n) is 3.13. The van der Waals surface area contributed by atoms with Crippen LogP contribution in [-0.2, 0) is 0 Å². The SMILES string of the molecule is O=C(O)c1ccc(-c2cc3ccccc3o2)cc1[N+](=O)[O-]. The molecule has 0 spiro atoms. The summed E-state index contributed by atoms with van der Waals surface area (Å²) < 4.78 is 5.62. The molecule has 21 heavy (non-hydrogen) atoms. The van der Waals surface area contributed by atoms with E-state index < -0.39 is 16.6 Å². The lowest BCUT2D eigenvalue weighted by molar-refractivity contribution is -0.385. The van der Waals surface area contributed by atoms with E-state index in [2.05, 4.69) is 0 Å². The standard InChI is InChI=1S/C15H9NO5/c17-15(18)11-6-5-10(7-12(11)16(19)20)14-8-9-3-1-2-4-13(9)21-14/h1-8H,(H,17,18). The van der Waals surface area contributed by atoms with Gasteiger partial charge in [-0.2, -0.15) is 0 Å². The number of aromatic carboxylic acids is 1. The Morgan fingerprint density at radius 1 is 1.14 bits per heavy atom. The summed E-state index contributed by atoms with van der Waals surface area (Å²) in [5, 5.41) is 20.8. The van der Waals surface area contributed by atoms with Gasteiger partial charge in [-0.1, -0.05) is 18.2 Å². The molecule has 3 aromatic rings. The minimum absolute atomic E-state index is 0.347. The summed E-state index contributed by atoms with van der Waals surface area (Å²) in [6.45, 7) is 0. The van der Waals surface area contributed by atoms with Gasteiger partial charge in [0, 0.05) is 17.0 Å². The van der Waals surface area contributed by atoms with E-state index in [4.69, 9.17) is 9.52 Å². The number of furan rings is 1. The second-order valence-electron chi connectivity index (χ2n) is 4.44. The van der Waals surface area contributed by atoms with Crippen LogP contribution < -0.4 is 0 Å². The van der Waals surface area contributed by atoms with Crippen molar-refractivity contribution in [2.24, 2.45) is 0 Å².